The van der Waals surface area contributed by atoms with E-state index >= 15 is 0 Å². The van der Waals surface area contributed by atoms with Crippen molar-refractivity contribution < 1.29 is 9.90 Å². The van der Waals surface area contributed by atoms with Gasteiger partial charge in [-0.25, -0.2) is 4.68 Å². The van der Waals surface area contributed by atoms with E-state index in [1.165, 1.54) is 0 Å². The Morgan fingerprint density at radius 3 is 3.00 bits per heavy atom. The summed E-state index contributed by atoms with van der Waals surface area (Å²) in [5.74, 6) is -0.780. The van der Waals surface area contributed by atoms with Crippen LogP contribution in [0.25, 0.3) is 10.9 Å². The van der Waals surface area contributed by atoms with E-state index in [-0.39, 0.29) is 12.5 Å². The molecule has 22 heavy (non-hydrogen) atoms. The summed E-state index contributed by atoms with van der Waals surface area (Å²) in [6.45, 7) is 0.804. The van der Waals surface area contributed by atoms with E-state index in [9.17, 15) is 9.90 Å². The van der Waals surface area contributed by atoms with Crippen LogP contribution in [0.5, 0.6) is 0 Å². The first kappa shape index (κ1) is 13.1. The number of hydrogen-bond acceptors (Lipinski definition) is 3. The van der Waals surface area contributed by atoms with Gasteiger partial charge in [-0.05, 0) is 24.5 Å². The normalized spacial score (nSPS) is 17.5. The van der Waals surface area contributed by atoms with Crippen LogP contribution in [0.4, 0.5) is 0 Å². The number of carbonyl (C=O) groups is 1. The van der Waals surface area contributed by atoms with Crippen molar-refractivity contribution in [1.82, 2.24) is 19.6 Å². The van der Waals surface area contributed by atoms with E-state index in [0.717, 1.165) is 41.5 Å². The van der Waals surface area contributed by atoms with Gasteiger partial charge in [-0.15, -0.1) is 5.10 Å². The van der Waals surface area contributed by atoms with Crippen molar-refractivity contribution in [1.29, 1.82) is 0 Å². The number of para-hydroxylation sites is 1. The van der Waals surface area contributed by atoms with Crippen molar-refractivity contribution in [2.45, 2.75) is 31.8 Å². The molecule has 0 bridgehead atoms. The molecule has 4 rings (SSSR count). The number of nitrogens with zero attached hydrogens (tertiary/aromatic N) is 4. The van der Waals surface area contributed by atoms with Crippen molar-refractivity contribution >= 4 is 16.9 Å². The van der Waals surface area contributed by atoms with Crippen LogP contribution in [0, 0.1) is 0 Å². The van der Waals surface area contributed by atoms with Gasteiger partial charge < -0.3 is 9.67 Å². The SMILES string of the molecule is O=C(O)Cc1c2n(c3ccccc13)CC(n1ccnn1)CC2. The van der Waals surface area contributed by atoms with Crippen molar-refractivity contribution in [3.63, 3.8) is 0 Å². The Morgan fingerprint density at radius 2 is 2.23 bits per heavy atom. The molecule has 1 unspecified atom stereocenters. The number of aromatic nitrogens is 4. The van der Waals surface area contributed by atoms with Crippen LogP contribution in [0.15, 0.2) is 36.7 Å². The lowest BCUT2D eigenvalue weighted by Gasteiger charge is -2.25. The monoisotopic (exact) mass is 296 g/mol. The molecule has 0 saturated carbocycles. The molecule has 0 saturated heterocycles. The summed E-state index contributed by atoms with van der Waals surface area (Å²) in [7, 11) is 0. The molecular weight excluding hydrogens is 280 g/mol. The maximum absolute atomic E-state index is 11.2. The van der Waals surface area contributed by atoms with E-state index in [1.54, 1.807) is 6.20 Å². The third kappa shape index (κ3) is 1.99. The Balaban J connectivity index is 1.83. The second-order valence-electron chi connectivity index (χ2n) is 5.70. The number of hydrogen-bond donors (Lipinski definition) is 1. The highest BCUT2D eigenvalue weighted by Gasteiger charge is 2.26. The second kappa shape index (κ2) is 4.98. The fourth-order valence-corrected chi connectivity index (χ4v) is 3.50. The summed E-state index contributed by atoms with van der Waals surface area (Å²) >= 11 is 0. The third-order valence-electron chi connectivity index (χ3n) is 4.44. The largest absolute Gasteiger partial charge is 0.481 e. The molecule has 0 fully saturated rings. The van der Waals surface area contributed by atoms with E-state index in [2.05, 4.69) is 20.9 Å². The van der Waals surface area contributed by atoms with Gasteiger partial charge in [0.25, 0.3) is 0 Å². The van der Waals surface area contributed by atoms with Gasteiger partial charge in [-0.1, -0.05) is 23.4 Å². The number of carboxylic acid groups (broad SMARTS) is 1. The molecule has 3 aromatic rings. The number of benzene rings is 1. The zero-order valence-electron chi connectivity index (χ0n) is 12.0. The van der Waals surface area contributed by atoms with Crippen molar-refractivity contribution in [3.05, 3.63) is 47.9 Å². The molecule has 112 valence electrons. The zero-order chi connectivity index (χ0) is 15.1. The lowest BCUT2D eigenvalue weighted by molar-refractivity contribution is -0.136. The highest BCUT2D eigenvalue weighted by Crippen LogP contribution is 2.34. The minimum Gasteiger partial charge on any atom is -0.481 e. The summed E-state index contributed by atoms with van der Waals surface area (Å²) in [5.41, 5.74) is 3.22. The van der Waals surface area contributed by atoms with Gasteiger partial charge in [0.15, 0.2) is 0 Å². The molecule has 1 aliphatic heterocycles. The highest BCUT2D eigenvalue weighted by atomic mass is 16.4. The van der Waals surface area contributed by atoms with Crippen LogP contribution in [-0.4, -0.2) is 30.6 Å². The number of aliphatic carboxylic acids is 1. The van der Waals surface area contributed by atoms with Gasteiger partial charge in [0, 0.05) is 29.3 Å². The molecule has 3 heterocycles. The molecule has 1 atom stereocenters. The van der Waals surface area contributed by atoms with E-state index in [1.807, 2.05) is 29.1 Å². The fourth-order valence-electron chi connectivity index (χ4n) is 3.50. The first-order valence-electron chi connectivity index (χ1n) is 7.40. The highest BCUT2D eigenvalue weighted by molar-refractivity contribution is 5.89. The number of fused-ring (bicyclic) bond motifs is 3. The molecule has 2 aromatic heterocycles. The smallest absolute Gasteiger partial charge is 0.307 e. The molecule has 6 heteroatoms. The Labute approximate surface area is 127 Å². The summed E-state index contributed by atoms with van der Waals surface area (Å²) in [4.78, 5) is 11.2. The average molecular weight is 296 g/mol. The zero-order valence-corrected chi connectivity index (χ0v) is 12.0. The fraction of sp³-hybridized carbons (Fsp3) is 0.312. The first-order valence-corrected chi connectivity index (χ1v) is 7.40. The molecule has 1 N–H and O–H groups in total. The molecule has 0 spiro atoms. The second-order valence-corrected chi connectivity index (χ2v) is 5.70. The van der Waals surface area contributed by atoms with Crippen molar-refractivity contribution in [2.24, 2.45) is 0 Å². The lowest BCUT2D eigenvalue weighted by atomic mass is 10.0. The topological polar surface area (TPSA) is 72.9 Å². The van der Waals surface area contributed by atoms with Crippen molar-refractivity contribution in [2.75, 3.05) is 0 Å². The molecule has 0 aliphatic carbocycles. The van der Waals surface area contributed by atoms with Gasteiger partial charge in [0.05, 0.1) is 18.7 Å². The van der Waals surface area contributed by atoms with Gasteiger partial charge >= 0.3 is 5.97 Å². The Morgan fingerprint density at radius 1 is 1.36 bits per heavy atom. The summed E-state index contributed by atoms with van der Waals surface area (Å²) in [6.07, 6.45) is 5.48. The molecule has 1 aliphatic rings. The lowest BCUT2D eigenvalue weighted by Crippen LogP contribution is -2.24. The number of carboxylic acids is 1. The Kier molecular flexibility index (Phi) is 2.96. The maximum atomic E-state index is 11.2. The molecule has 0 radical (unpaired) electrons. The minimum atomic E-state index is -0.780. The predicted molar refractivity (Wildman–Crippen MR) is 80.7 cm³/mol. The molecule has 0 amide bonds. The van der Waals surface area contributed by atoms with Gasteiger partial charge in [0.1, 0.15) is 0 Å². The molecular formula is C16H16N4O2. The minimum absolute atomic E-state index is 0.0802. The predicted octanol–water partition coefficient (Wildman–Crippen LogP) is 2.05. The van der Waals surface area contributed by atoms with Gasteiger partial charge in [0.2, 0.25) is 0 Å². The van der Waals surface area contributed by atoms with Crippen LogP contribution in [-0.2, 0) is 24.2 Å². The quantitative estimate of drug-likeness (QED) is 0.803. The van der Waals surface area contributed by atoms with Crippen LogP contribution < -0.4 is 0 Å². The van der Waals surface area contributed by atoms with Crippen LogP contribution >= 0.6 is 0 Å². The molecule has 6 nitrogen and oxygen atoms in total. The summed E-state index contributed by atoms with van der Waals surface area (Å²) in [5, 5.41) is 18.3. The van der Waals surface area contributed by atoms with Crippen LogP contribution in [0.1, 0.15) is 23.7 Å². The Bertz CT molecular complexity index is 835. The number of rotatable bonds is 3. The summed E-state index contributed by atoms with van der Waals surface area (Å²) < 4.78 is 4.15. The van der Waals surface area contributed by atoms with E-state index in [4.69, 9.17) is 0 Å². The van der Waals surface area contributed by atoms with E-state index in [0.29, 0.717) is 0 Å². The van der Waals surface area contributed by atoms with Crippen LogP contribution in [0.2, 0.25) is 0 Å². The molecule has 1 aromatic carbocycles. The third-order valence-corrected chi connectivity index (χ3v) is 4.44. The van der Waals surface area contributed by atoms with Gasteiger partial charge in [-0.2, -0.15) is 0 Å². The van der Waals surface area contributed by atoms with Crippen LogP contribution in [0.3, 0.4) is 0 Å². The summed E-state index contributed by atoms with van der Waals surface area (Å²) in [6, 6.07) is 8.31. The average Bonchev–Trinajstić information content (AvgIpc) is 3.15. The standard InChI is InChI=1S/C16H16N4O2/c21-16(22)9-13-12-3-1-2-4-14(12)19-10-11(5-6-15(13)19)20-8-7-17-18-20/h1-4,7-8,11H,5-6,9-10H2,(H,21,22). The van der Waals surface area contributed by atoms with Crippen molar-refractivity contribution in [3.8, 4) is 0 Å². The van der Waals surface area contributed by atoms with E-state index < -0.39 is 5.97 Å². The first-order chi connectivity index (χ1) is 10.7. The Hall–Kier alpha value is -2.63. The van der Waals surface area contributed by atoms with Gasteiger partial charge in [-0.3, -0.25) is 4.79 Å². The maximum Gasteiger partial charge on any atom is 0.307 e.